The summed E-state index contributed by atoms with van der Waals surface area (Å²) in [5.74, 6) is 0.714. The molecule has 0 saturated heterocycles. The highest BCUT2D eigenvalue weighted by Gasteiger charge is 2.21. The normalized spacial score (nSPS) is 11.7. The van der Waals surface area contributed by atoms with Gasteiger partial charge in [0.15, 0.2) is 0 Å². The molecule has 9 nitrogen and oxygen atoms in total. The smallest absolute Gasteiger partial charge is 0.240 e. The minimum Gasteiger partial charge on any atom is -0.396 e. The van der Waals surface area contributed by atoms with Crippen molar-refractivity contribution in [3.05, 3.63) is 36.0 Å². The number of hydrogen-bond donors (Lipinski definition) is 4. The van der Waals surface area contributed by atoms with Gasteiger partial charge in [0, 0.05) is 30.8 Å². The van der Waals surface area contributed by atoms with Crippen molar-refractivity contribution in [3.63, 3.8) is 0 Å². The van der Waals surface area contributed by atoms with Crippen LogP contribution in [0.5, 0.6) is 0 Å². The van der Waals surface area contributed by atoms with Crippen molar-refractivity contribution in [1.29, 1.82) is 5.26 Å². The quantitative estimate of drug-likeness (QED) is 0.496. The van der Waals surface area contributed by atoms with Gasteiger partial charge in [0.2, 0.25) is 16.0 Å². The number of sulfonamides is 1. The van der Waals surface area contributed by atoms with Crippen LogP contribution in [0.3, 0.4) is 0 Å². The zero-order chi connectivity index (χ0) is 20.8. The molecule has 150 valence electrons. The Labute approximate surface area is 164 Å². The van der Waals surface area contributed by atoms with Crippen LogP contribution in [0.15, 0.2) is 35.4 Å². The average molecular weight is 404 g/mol. The molecule has 0 aliphatic rings. The monoisotopic (exact) mass is 404 g/mol. The van der Waals surface area contributed by atoms with Crippen LogP contribution >= 0.6 is 0 Å². The molecule has 0 aliphatic heterocycles. The van der Waals surface area contributed by atoms with Crippen molar-refractivity contribution in [3.8, 4) is 6.07 Å². The largest absolute Gasteiger partial charge is 0.396 e. The molecule has 2 rings (SSSR count). The first-order valence-electron chi connectivity index (χ1n) is 8.69. The van der Waals surface area contributed by atoms with E-state index in [2.05, 4.69) is 25.3 Å². The fraction of sp³-hybridized carbons (Fsp3) is 0.389. The molecule has 0 bridgehead atoms. The third-order valence-electron chi connectivity index (χ3n) is 3.84. The number of nitriles is 1. The second-order valence-corrected chi connectivity index (χ2v) is 8.66. The van der Waals surface area contributed by atoms with E-state index in [1.807, 2.05) is 13.0 Å². The topological polar surface area (TPSA) is 140 Å². The minimum absolute atomic E-state index is 0.112. The first-order chi connectivity index (χ1) is 13.2. The standard InChI is InChI=1S/C18H24N6O3S/c1-4-20-16-13(9-19)10-21-17(24-16)23-14-5-7-15(8-6-14)28(26,27)22-11-18(2,3)12-25/h5-8,10,22,25H,4,11-12H2,1-3H3,(H2,20,21,23,24). The van der Waals surface area contributed by atoms with E-state index in [0.29, 0.717) is 23.6 Å². The predicted octanol–water partition coefficient (Wildman–Crippen LogP) is 1.82. The zero-order valence-corrected chi connectivity index (χ0v) is 16.8. The fourth-order valence-electron chi connectivity index (χ4n) is 2.10. The van der Waals surface area contributed by atoms with Crippen LogP contribution in [-0.2, 0) is 10.0 Å². The molecule has 0 spiro atoms. The highest BCUT2D eigenvalue weighted by atomic mass is 32.2. The molecule has 0 unspecified atom stereocenters. The second kappa shape index (κ2) is 8.97. The summed E-state index contributed by atoms with van der Waals surface area (Å²) in [6.45, 7) is 6.03. The molecular weight excluding hydrogens is 380 g/mol. The van der Waals surface area contributed by atoms with Gasteiger partial charge in [-0.2, -0.15) is 10.2 Å². The van der Waals surface area contributed by atoms with Crippen LogP contribution in [0, 0.1) is 16.7 Å². The lowest BCUT2D eigenvalue weighted by Crippen LogP contribution is -2.36. The van der Waals surface area contributed by atoms with Crippen molar-refractivity contribution < 1.29 is 13.5 Å². The predicted molar refractivity (Wildman–Crippen MR) is 107 cm³/mol. The van der Waals surface area contributed by atoms with E-state index in [1.54, 1.807) is 26.0 Å². The van der Waals surface area contributed by atoms with E-state index in [1.165, 1.54) is 18.3 Å². The number of anilines is 3. The summed E-state index contributed by atoms with van der Waals surface area (Å²) in [4.78, 5) is 8.45. The second-order valence-electron chi connectivity index (χ2n) is 6.89. The SMILES string of the molecule is CCNc1nc(Nc2ccc(S(=O)(=O)NCC(C)(C)CO)cc2)ncc1C#N. The summed E-state index contributed by atoms with van der Waals surface area (Å²) in [6, 6.07) is 8.14. The Hall–Kier alpha value is -2.74. The Bertz CT molecular complexity index is 952. The van der Waals surface area contributed by atoms with Gasteiger partial charge < -0.3 is 15.7 Å². The first kappa shape index (κ1) is 21.6. The van der Waals surface area contributed by atoms with Gasteiger partial charge in [0.05, 0.1) is 11.1 Å². The highest BCUT2D eigenvalue weighted by Crippen LogP contribution is 2.20. The number of aliphatic hydroxyl groups excluding tert-OH is 1. The number of aromatic nitrogens is 2. The van der Waals surface area contributed by atoms with Gasteiger partial charge in [-0.05, 0) is 31.2 Å². The van der Waals surface area contributed by atoms with E-state index >= 15 is 0 Å². The summed E-state index contributed by atoms with van der Waals surface area (Å²) in [5, 5.41) is 24.3. The van der Waals surface area contributed by atoms with Crippen LogP contribution in [0.25, 0.3) is 0 Å². The molecular formula is C18H24N6O3S. The van der Waals surface area contributed by atoms with E-state index in [0.717, 1.165) is 0 Å². The molecule has 0 amide bonds. The number of nitrogens with one attached hydrogen (secondary N) is 3. The van der Waals surface area contributed by atoms with Crippen molar-refractivity contribution in [2.75, 3.05) is 30.3 Å². The van der Waals surface area contributed by atoms with Crippen LogP contribution in [0.2, 0.25) is 0 Å². The first-order valence-corrected chi connectivity index (χ1v) is 10.2. The number of aliphatic hydroxyl groups is 1. The summed E-state index contributed by atoms with van der Waals surface area (Å²) in [6.07, 6.45) is 1.42. The van der Waals surface area contributed by atoms with Crippen molar-refractivity contribution in [1.82, 2.24) is 14.7 Å². The Balaban J connectivity index is 2.13. The van der Waals surface area contributed by atoms with E-state index in [-0.39, 0.29) is 24.0 Å². The Morgan fingerprint density at radius 2 is 1.93 bits per heavy atom. The summed E-state index contributed by atoms with van der Waals surface area (Å²) in [7, 11) is -3.68. The highest BCUT2D eigenvalue weighted by molar-refractivity contribution is 7.89. The van der Waals surface area contributed by atoms with E-state index in [4.69, 9.17) is 5.26 Å². The van der Waals surface area contributed by atoms with Gasteiger partial charge in [0.25, 0.3) is 0 Å². The van der Waals surface area contributed by atoms with Gasteiger partial charge >= 0.3 is 0 Å². The number of rotatable bonds is 9. The Morgan fingerprint density at radius 1 is 1.25 bits per heavy atom. The maximum Gasteiger partial charge on any atom is 0.240 e. The van der Waals surface area contributed by atoms with Gasteiger partial charge in [-0.15, -0.1) is 0 Å². The van der Waals surface area contributed by atoms with Crippen molar-refractivity contribution in [2.24, 2.45) is 5.41 Å². The third-order valence-corrected chi connectivity index (χ3v) is 5.26. The maximum atomic E-state index is 12.4. The molecule has 0 radical (unpaired) electrons. The molecule has 4 N–H and O–H groups in total. The Kier molecular flexibility index (Phi) is 6.90. The van der Waals surface area contributed by atoms with Crippen molar-refractivity contribution in [2.45, 2.75) is 25.7 Å². The van der Waals surface area contributed by atoms with Gasteiger partial charge in [-0.3, -0.25) is 0 Å². The number of benzene rings is 1. The molecule has 0 atom stereocenters. The molecule has 0 saturated carbocycles. The number of hydrogen-bond acceptors (Lipinski definition) is 8. The lowest BCUT2D eigenvalue weighted by molar-refractivity contribution is 0.163. The average Bonchev–Trinajstić information content (AvgIpc) is 2.68. The van der Waals surface area contributed by atoms with Crippen LogP contribution < -0.4 is 15.4 Å². The molecule has 0 fully saturated rings. The molecule has 10 heteroatoms. The van der Waals surface area contributed by atoms with Crippen LogP contribution in [-0.4, -0.2) is 43.2 Å². The molecule has 0 aliphatic carbocycles. The summed E-state index contributed by atoms with van der Waals surface area (Å²) < 4.78 is 27.2. The number of nitrogens with zero attached hydrogens (tertiary/aromatic N) is 3. The van der Waals surface area contributed by atoms with Gasteiger partial charge in [0.1, 0.15) is 17.5 Å². The lowest BCUT2D eigenvalue weighted by Gasteiger charge is -2.21. The van der Waals surface area contributed by atoms with Gasteiger partial charge in [-0.25, -0.2) is 18.1 Å². The van der Waals surface area contributed by atoms with E-state index in [9.17, 15) is 13.5 Å². The summed E-state index contributed by atoms with van der Waals surface area (Å²) in [5.41, 5.74) is 0.388. The van der Waals surface area contributed by atoms with E-state index < -0.39 is 15.4 Å². The maximum absolute atomic E-state index is 12.4. The Morgan fingerprint density at radius 3 is 2.50 bits per heavy atom. The molecule has 2 aromatic rings. The zero-order valence-electron chi connectivity index (χ0n) is 16.0. The lowest BCUT2D eigenvalue weighted by atomic mass is 9.96. The minimum atomic E-state index is -3.68. The fourth-order valence-corrected chi connectivity index (χ4v) is 3.34. The van der Waals surface area contributed by atoms with Crippen LogP contribution in [0.4, 0.5) is 17.5 Å². The molecule has 1 aromatic heterocycles. The molecule has 1 aromatic carbocycles. The molecule has 28 heavy (non-hydrogen) atoms. The summed E-state index contributed by atoms with van der Waals surface area (Å²) >= 11 is 0. The van der Waals surface area contributed by atoms with Crippen LogP contribution in [0.1, 0.15) is 26.3 Å². The van der Waals surface area contributed by atoms with Gasteiger partial charge in [-0.1, -0.05) is 13.8 Å². The third kappa shape index (κ3) is 5.63. The molecule has 1 heterocycles. The van der Waals surface area contributed by atoms with Crippen molar-refractivity contribution >= 4 is 27.5 Å².